The van der Waals surface area contributed by atoms with Crippen molar-refractivity contribution in [2.24, 2.45) is 0 Å². The first-order valence-corrected chi connectivity index (χ1v) is 11.9. The Bertz CT molecular complexity index is 993. The molecule has 0 aliphatic carbocycles. The number of aromatic nitrogens is 1. The fourth-order valence-electron chi connectivity index (χ4n) is 4.13. The van der Waals surface area contributed by atoms with Gasteiger partial charge >= 0.3 is 0 Å². The van der Waals surface area contributed by atoms with Crippen LogP contribution in [0.3, 0.4) is 0 Å². The lowest BCUT2D eigenvalue weighted by Crippen LogP contribution is -2.43. The van der Waals surface area contributed by atoms with Gasteiger partial charge in [0, 0.05) is 54.4 Å². The van der Waals surface area contributed by atoms with Crippen molar-refractivity contribution < 1.29 is 4.79 Å². The molecule has 6 heteroatoms. The number of carbonyl (C=O) groups excluding carboxylic acids is 1. The summed E-state index contributed by atoms with van der Waals surface area (Å²) in [6.07, 6.45) is 3.28. The second kappa shape index (κ2) is 10.1. The van der Waals surface area contributed by atoms with Gasteiger partial charge in [0.2, 0.25) is 0 Å². The molecule has 0 spiro atoms. The van der Waals surface area contributed by atoms with E-state index < -0.39 is 0 Å². The van der Waals surface area contributed by atoms with Gasteiger partial charge in [-0.05, 0) is 62.6 Å². The number of amides is 1. The summed E-state index contributed by atoms with van der Waals surface area (Å²) in [4.78, 5) is 19.4. The highest BCUT2D eigenvalue weighted by molar-refractivity contribution is 7.07. The maximum atomic E-state index is 12.6. The van der Waals surface area contributed by atoms with Crippen molar-refractivity contribution >= 4 is 28.6 Å². The van der Waals surface area contributed by atoms with E-state index in [9.17, 15) is 4.79 Å². The molecule has 0 saturated carbocycles. The molecule has 0 bridgehead atoms. The van der Waals surface area contributed by atoms with Crippen molar-refractivity contribution in [3.63, 3.8) is 0 Å². The Balaban J connectivity index is 1.25. The monoisotopic (exact) mass is 434 g/mol. The minimum Gasteiger partial charge on any atom is -0.371 e. The molecule has 0 atom stereocenters. The summed E-state index contributed by atoms with van der Waals surface area (Å²) in [7, 11) is 0. The summed E-state index contributed by atoms with van der Waals surface area (Å²) < 4.78 is 0. The second-order valence-corrected chi connectivity index (χ2v) is 8.98. The lowest BCUT2D eigenvalue weighted by atomic mass is 10.0. The molecule has 2 aromatic carbocycles. The molecular weight excluding hydrogens is 404 g/mol. The summed E-state index contributed by atoms with van der Waals surface area (Å²) in [5, 5.41) is 8.82. The fraction of sp³-hybridized carbons (Fsp3) is 0.360. The van der Waals surface area contributed by atoms with Crippen LogP contribution in [-0.2, 0) is 6.42 Å². The van der Waals surface area contributed by atoms with E-state index >= 15 is 0 Å². The smallest absolute Gasteiger partial charge is 0.255 e. The Kier molecular flexibility index (Phi) is 6.99. The van der Waals surface area contributed by atoms with Crippen LogP contribution < -0.4 is 15.5 Å². The average Bonchev–Trinajstić information content (AvgIpc) is 3.28. The van der Waals surface area contributed by atoms with Crippen molar-refractivity contribution in [2.75, 3.05) is 29.9 Å². The highest BCUT2D eigenvalue weighted by Crippen LogP contribution is 2.23. The molecule has 1 aliphatic rings. The largest absolute Gasteiger partial charge is 0.371 e. The predicted molar refractivity (Wildman–Crippen MR) is 129 cm³/mol. The number of hydrogen-bond donors (Lipinski definition) is 2. The standard InChI is InChI=1S/C25H30N4OS/c1-18-3-8-24(19(2)15-18)25(30)28-21-4-6-23(7-5-21)29-13-10-20(11-14-29)26-12-9-22-16-31-17-27-22/h3-8,15-17,20,26H,9-14H2,1-2H3,(H,28,30). The summed E-state index contributed by atoms with van der Waals surface area (Å²) in [5.74, 6) is -0.0604. The van der Waals surface area contributed by atoms with Crippen molar-refractivity contribution in [3.8, 4) is 0 Å². The molecule has 4 rings (SSSR count). The third-order valence-corrected chi connectivity index (χ3v) is 6.54. The summed E-state index contributed by atoms with van der Waals surface area (Å²) in [6, 6.07) is 14.7. The van der Waals surface area contributed by atoms with E-state index in [0.29, 0.717) is 6.04 Å². The molecule has 5 nitrogen and oxygen atoms in total. The van der Waals surface area contributed by atoms with Gasteiger partial charge in [-0.1, -0.05) is 17.7 Å². The number of rotatable bonds is 7. The number of anilines is 2. The van der Waals surface area contributed by atoms with Crippen molar-refractivity contribution in [1.29, 1.82) is 0 Å². The Hall–Kier alpha value is -2.70. The van der Waals surface area contributed by atoms with E-state index in [2.05, 4.69) is 38.0 Å². The van der Waals surface area contributed by atoms with Crippen molar-refractivity contribution in [2.45, 2.75) is 39.2 Å². The highest BCUT2D eigenvalue weighted by Gasteiger charge is 2.19. The number of hydrogen-bond acceptors (Lipinski definition) is 5. The minimum absolute atomic E-state index is 0.0604. The van der Waals surface area contributed by atoms with E-state index in [4.69, 9.17) is 0 Å². The Morgan fingerprint density at radius 2 is 1.90 bits per heavy atom. The summed E-state index contributed by atoms with van der Waals surface area (Å²) >= 11 is 1.66. The molecule has 2 heterocycles. The van der Waals surface area contributed by atoms with Crippen LogP contribution in [-0.4, -0.2) is 36.6 Å². The molecule has 3 aromatic rings. The predicted octanol–water partition coefficient (Wildman–Crippen LogP) is 4.81. The first kappa shape index (κ1) is 21.5. The number of piperidine rings is 1. The zero-order chi connectivity index (χ0) is 21.6. The number of carbonyl (C=O) groups is 1. The number of nitrogens with one attached hydrogen (secondary N) is 2. The summed E-state index contributed by atoms with van der Waals surface area (Å²) in [5.41, 5.74) is 8.00. The summed E-state index contributed by atoms with van der Waals surface area (Å²) in [6.45, 7) is 7.09. The Morgan fingerprint density at radius 1 is 1.13 bits per heavy atom. The molecule has 1 aromatic heterocycles. The molecule has 1 saturated heterocycles. The molecule has 162 valence electrons. The van der Waals surface area contributed by atoms with E-state index in [1.165, 1.54) is 11.4 Å². The number of aryl methyl sites for hydroxylation is 2. The van der Waals surface area contributed by atoms with Gasteiger partial charge in [0.15, 0.2) is 0 Å². The normalized spacial score (nSPS) is 14.6. The van der Waals surface area contributed by atoms with E-state index in [1.54, 1.807) is 11.3 Å². The van der Waals surface area contributed by atoms with E-state index in [-0.39, 0.29) is 5.91 Å². The fourth-order valence-corrected chi connectivity index (χ4v) is 4.72. The first-order chi connectivity index (χ1) is 15.1. The van der Waals surface area contributed by atoms with Gasteiger partial charge in [0.05, 0.1) is 11.2 Å². The van der Waals surface area contributed by atoms with Gasteiger partial charge in [-0.3, -0.25) is 4.79 Å². The molecule has 31 heavy (non-hydrogen) atoms. The molecule has 1 amide bonds. The van der Waals surface area contributed by atoms with Crippen LogP contribution in [0.15, 0.2) is 53.4 Å². The number of thiazole rings is 1. The van der Waals surface area contributed by atoms with Crippen LogP contribution in [0.2, 0.25) is 0 Å². The molecule has 1 fully saturated rings. The zero-order valence-electron chi connectivity index (χ0n) is 18.2. The number of benzene rings is 2. The molecule has 1 aliphatic heterocycles. The quantitative estimate of drug-likeness (QED) is 0.560. The minimum atomic E-state index is -0.0604. The lowest BCUT2D eigenvalue weighted by molar-refractivity contribution is 0.102. The van der Waals surface area contributed by atoms with Gasteiger partial charge in [-0.15, -0.1) is 11.3 Å². The SMILES string of the molecule is Cc1ccc(C(=O)Nc2ccc(N3CCC(NCCc4cscn4)CC3)cc2)c(C)c1. The molecular formula is C25H30N4OS. The van der Waals surface area contributed by atoms with Gasteiger partial charge < -0.3 is 15.5 Å². The van der Waals surface area contributed by atoms with Crippen LogP contribution >= 0.6 is 11.3 Å². The maximum absolute atomic E-state index is 12.6. The average molecular weight is 435 g/mol. The molecule has 2 N–H and O–H groups in total. The third kappa shape index (κ3) is 5.71. The molecule has 0 radical (unpaired) electrons. The van der Waals surface area contributed by atoms with Gasteiger partial charge in [0.1, 0.15) is 0 Å². The maximum Gasteiger partial charge on any atom is 0.255 e. The highest BCUT2D eigenvalue weighted by atomic mass is 32.1. The zero-order valence-corrected chi connectivity index (χ0v) is 19.0. The van der Waals surface area contributed by atoms with Crippen LogP contribution in [0.25, 0.3) is 0 Å². The topological polar surface area (TPSA) is 57.3 Å². The van der Waals surface area contributed by atoms with Crippen LogP contribution in [0, 0.1) is 13.8 Å². The van der Waals surface area contributed by atoms with Crippen LogP contribution in [0.1, 0.15) is 40.0 Å². The van der Waals surface area contributed by atoms with E-state index in [0.717, 1.165) is 61.3 Å². The Labute approximate surface area is 188 Å². The van der Waals surface area contributed by atoms with Crippen molar-refractivity contribution in [1.82, 2.24) is 10.3 Å². The lowest BCUT2D eigenvalue weighted by Gasteiger charge is -2.34. The van der Waals surface area contributed by atoms with Crippen LogP contribution in [0.4, 0.5) is 11.4 Å². The van der Waals surface area contributed by atoms with Gasteiger partial charge in [-0.2, -0.15) is 0 Å². The van der Waals surface area contributed by atoms with E-state index in [1.807, 2.05) is 49.7 Å². The first-order valence-electron chi connectivity index (χ1n) is 10.9. The third-order valence-electron chi connectivity index (χ3n) is 5.91. The Morgan fingerprint density at radius 3 is 2.58 bits per heavy atom. The second-order valence-electron chi connectivity index (χ2n) is 8.26. The van der Waals surface area contributed by atoms with Gasteiger partial charge in [0.25, 0.3) is 5.91 Å². The van der Waals surface area contributed by atoms with Crippen molar-refractivity contribution in [3.05, 3.63) is 75.7 Å². The molecule has 0 unspecified atom stereocenters. The van der Waals surface area contributed by atoms with Crippen LogP contribution in [0.5, 0.6) is 0 Å². The number of nitrogens with zero attached hydrogens (tertiary/aromatic N) is 2. The van der Waals surface area contributed by atoms with Gasteiger partial charge in [-0.25, -0.2) is 4.98 Å².